The smallest absolute Gasteiger partial charge is 0.259 e. The summed E-state index contributed by atoms with van der Waals surface area (Å²) in [6.07, 6.45) is 4.24. The van der Waals surface area contributed by atoms with E-state index in [1.807, 2.05) is 54.3 Å². The highest BCUT2D eigenvalue weighted by Crippen LogP contribution is 2.48. The summed E-state index contributed by atoms with van der Waals surface area (Å²) in [5.74, 6) is 0.00930. The van der Waals surface area contributed by atoms with Crippen molar-refractivity contribution in [3.63, 3.8) is 0 Å². The lowest BCUT2D eigenvalue weighted by Crippen LogP contribution is -2.55. The number of fused-ring (bicyclic) bond motifs is 1. The Labute approximate surface area is 174 Å². The maximum absolute atomic E-state index is 13.7. The van der Waals surface area contributed by atoms with Gasteiger partial charge in [-0.2, -0.15) is 0 Å². The molecule has 142 valence electrons. The number of carbonyl (C=O) groups is 1. The summed E-state index contributed by atoms with van der Waals surface area (Å²) in [7, 11) is 0. The van der Waals surface area contributed by atoms with Crippen molar-refractivity contribution >= 4 is 51.2 Å². The van der Waals surface area contributed by atoms with Crippen LogP contribution in [0.15, 0.2) is 54.7 Å². The molecule has 1 amide bonds. The summed E-state index contributed by atoms with van der Waals surface area (Å²) in [4.78, 5) is 25.3. The molecule has 0 N–H and O–H groups in total. The Morgan fingerprint density at radius 2 is 1.90 bits per heavy atom. The predicted octanol–water partition coefficient (Wildman–Crippen LogP) is 5.15. The minimum absolute atomic E-state index is 0.00930. The minimum atomic E-state index is -0.612. The van der Waals surface area contributed by atoms with Gasteiger partial charge in [-0.15, -0.1) is 0 Å². The van der Waals surface area contributed by atoms with Crippen molar-refractivity contribution in [2.75, 3.05) is 9.80 Å². The molecule has 6 heteroatoms. The maximum Gasteiger partial charge on any atom is 0.259 e. The van der Waals surface area contributed by atoms with Crippen molar-refractivity contribution in [3.8, 4) is 0 Å². The van der Waals surface area contributed by atoms with E-state index in [9.17, 15) is 4.79 Å². The van der Waals surface area contributed by atoms with Crippen molar-refractivity contribution in [1.82, 2.24) is 4.98 Å². The summed E-state index contributed by atoms with van der Waals surface area (Å²) < 4.78 is 0. The number of aryl methyl sites for hydroxylation is 1. The number of nitrogens with zero attached hydrogens (tertiary/aromatic N) is 4. The molecule has 5 rings (SSSR count). The zero-order valence-corrected chi connectivity index (χ0v) is 16.7. The van der Waals surface area contributed by atoms with Crippen LogP contribution < -0.4 is 9.80 Å². The molecular formula is C23H18N4OS. The van der Waals surface area contributed by atoms with Crippen LogP contribution in [0.4, 0.5) is 17.1 Å². The number of anilines is 2. The second-order valence-electron chi connectivity index (χ2n) is 7.59. The van der Waals surface area contributed by atoms with Gasteiger partial charge in [0.05, 0.1) is 17.8 Å². The molecule has 2 aliphatic rings. The first kappa shape index (κ1) is 17.8. The summed E-state index contributed by atoms with van der Waals surface area (Å²) in [5, 5.41) is 1.25. The first-order valence-electron chi connectivity index (χ1n) is 9.57. The highest BCUT2D eigenvalue weighted by molar-refractivity contribution is 7.81. The van der Waals surface area contributed by atoms with E-state index in [1.165, 1.54) is 0 Å². The lowest BCUT2D eigenvalue weighted by atomic mass is 9.75. The molecule has 1 spiro atoms. The molecule has 1 saturated heterocycles. The van der Waals surface area contributed by atoms with Crippen LogP contribution in [0.2, 0.25) is 0 Å². The third-order valence-corrected chi connectivity index (χ3v) is 6.34. The van der Waals surface area contributed by atoms with E-state index in [0.29, 0.717) is 22.0 Å². The van der Waals surface area contributed by atoms with Gasteiger partial charge in [-0.05, 0) is 62.7 Å². The number of rotatable bonds is 2. The van der Waals surface area contributed by atoms with Crippen molar-refractivity contribution < 1.29 is 4.79 Å². The fourth-order valence-corrected chi connectivity index (χ4v) is 4.78. The van der Waals surface area contributed by atoms with Crippen LogP contribution in [0, 0.1) is 13.5 Å². The Morgan fingerprint density at radius 1 is 1.14 bits per heavy atom. The quantitative estimate of drug-likeness (QED) is 0.442. The van der Waals surface area contributed by atoms with Crippen LogP contribution >= 0.6 is 12.2 Å². The van der Waals surface area contributed by atoms with E-state index >= 15 is 0 Å². The van der Waals surface area contributed by atoms with E-state index < -0.39 is 5.54 Å². The molecular weight excluding hydrogens is 380 g/mol. The molecule has 5 nitrogen and oxygen atoms in total. The Bertz CT molecular complexity index is 1210. The van der Waals surface area contributed by atoms with E-state index in [1.54, 1.807) is 17.2 Å². The minimum Gasteiger partial charge on any atom is -0.303 e. The Balaban J connectivity index is 1.69. The molecule has 2 aromatic carbocycles. The summed E-state index contributed by atoms with van der Waals surface area (Å²) in [6.45, 7) is 9.46. The fraction of sp³-hybridized carbons (Fsp3) is 0.217. The summed E-state index contributed by atoms with van der Waals surface area (Å²) in [5.41, 5.74) is 3.24. The van der Waals surface area contributed by atoms with Crippen molar-refractivity contribution in [2.24, 2.45) is 0 Å². The zero-order chi connectivity index (χ0) is 20.2. The maximum atomic E-state index is 13.7. The van der Waals surface area contributed by atoms with Crippen LogP contribution in [0.1, 0.15) is 24.8 Å². The van der Waals surface area contributed by atoms with Crippen LogP contribution in [-0.2, 0) is 4.79 Å². The first-order chi connectivity index (χ1) is 14.1. The molecule has 0 unspecified atom stereocenters. The van der Waals surface area contributed by atoms with Gasteiger partial charge >= 0.3 is 0 Å². The molecule has 3 aromatic rings. The standard InChI is InChI=1S/C23H18N4OS/c1-15-6-8-16(9-7-15)27-22(29)26(21(28)23(27)12-4-13-23)19-11-10-18(24-2)20-17(19)5-3-14-25-20/h3,5-11,14H,4,12-13H2,1H3. The molecule has 1 aromatic heterocycles. The van der Waals surface area contributed by atoms with Gasteiger partial charge in [-0.1, -0.05) is 29.8 Å². The van der Waals surface area contributed by atoms with Crippen LogP contribution in [0.5, 0.6) is 0 Å². The van der Waals surface area contributed by atoms with Crippen LogP contribution in [-0.4, -0.2) is 21.5 Å². The van der Waals surface area contributed by atoms with E-state index in [2.05, 4.69) is 9.83 Å². The van der Waals surface area contributed by atoms with E-state index in [0.717, 1.165) is 35.9 Å². The fourth-order valence-electron chi connectivity index (χ4n) is 4.31. The first-order valence-corrected chi connectivity index (χ1v) is 9.98. The summed E-state index contributed by atoms with van der Waals surface area (Å²) in [6, 6.07) is 15.4. The van der Waals surface area contributed by atoms with Gasteiger partial charge in [0.15, 0.2) is 5.11 Å². The Kier molecular flexibility index (Phi) is 3.90. The molecule has 1 saturated carbocycles. The highest BCUT2D eigenvalue weighted by atomic mass is 32.1. The lowest BCUT2D eigenvalue weighted by Gasteiger charge is -2.43. The zero-order valence-electron chi connectivity index (χ0n) is 15.9. The largest absolute Gasteiger partial charge is 0.303 e. The second kappa shape index (κ2) is 6.36. The van der Waals surface area contributed by atoms with Gasteiger partial charge in [-0.25, -0.2) is 4.85 Å². The van der Waals surface area contributed by atoms with Gasteiger partial charge in [0, 0.05) is 17.3 Å². The molecule has 29 heavy (non-hydrogen) atoms. The lowest BCUT2D eigenvalue weighted by molar-refractivity contribution is -0.123. The molecule has 0 bridgehead atoms. The van der Waals surface area contributed by atoms with Gasteiger partial charge in [0.25, 0.3) is 5.91 Å². The highest BCUT2D eigenvalue weighted by Gasteiger charge is 2.59. The molecule has 2 fully saturated rings. The third kappa shape index (κ3) is 2.41. The molecule has 0 radical (unpaired) electrons. The number of pyridine rings is 1. The Morgan fingerprint density at radius 3 is 2.55 bits per heavy atom. The van der Waals surface area contributed by atoms with Crippen molar-refractivity contribution in [1.29, 1.82) is 0 Å². The number of hydrogen-bond donors (Lipinski definition) is 0. The number of benzene rings is 2. The number of hydrogen-bond acceptors (Lipinski definition) is 3. The van der Waals surface area contributed by atoms with Gasteiger partial charge in [0.2, 0.25) is 5.69 Å². The van der Waals surface area contributed by atoms with E-state index in [4.69, 9.17) is 18.8 Å². The van der Waals surface area contributed by atoms with E-state index in [-0.39, 0.29) is 5.91 Å². The molecule has 2 heterocycles. The average Bonchev–Trinajstić information content (AvgIpc) is 2.95. The van der Waals surface area contributed by atoms with Crippen molar-refractivity contribution in [2.45, 2.75) is 31.7 Å². The van der Waals surface area contributed by atoms with Crippen LogP contribution in [0.25, 0.3) is 15.7 Å². The summed E-state index contributed by atoms with van der Waals surface area (Å²) >= 11 is 5.86. The number of amides is 1. The molecule has 0 atom stereocenters. The third-order valence-electron chi connectivity index (χ3n) is 5.97. The van der Waals surface area contributed by atoms with Gasteiger partial charge in [0.1, 0.15) is 5.54 Å². The van der Waals surface area contributed by atoms with Gasteiger partial charge in [-0.3, -0.25) is 14.7 Å². The van der Waals surface area contributed by atoms with Crippen molar-refractivity contribution in [3.05, 3.63) is 71.7 Å². The molecule has 1 aliphatic carbocycles. The normalized spacial score (nSPS) is 17.7. The number of thiocarbonyl (C=S) groups is 1. The molecule has 1 aliphatic heterocycles. The second-order valence-corrected chi connectivity index (χ2v) is 7.96. The van der Waals surface area contributed by atoms with Crippen LogP contribution in [0.3, 0.4) is 0 Å². The monoisotopic (exact) mass is 398 g/mol. The average molecular weight is 398 g/mol. The topological polar surface area (TPSA) is 40.8 Å². The predicted molar refractivity (Wildman–Crippen MR) is 118 cm³/mol. The number of carbonyl (C=O) groups excluding carboxylic acids is 1. The van der Waals surface area contributed by atoms with Gasteiger partial charge < -0.3 is 4.90 Å². The number of aromatic nitrogens is 1. The Hall–Kier alpha value is -3.30. The SMILES string of the molecule is [C-]#[N+]c1ccc(N2C(=O)C3(CCC3)N(c3ccc(C)cc3)C2=S)c2cccnc12.